The first-order valence-electron chi connectivity index (χ1n) is 11.8. The van der Waals surface area contributed by atoms with Gasteiger partial charge >= 0.3 is 0 Å². The topological polar surface area (TPSA) is 65.5 Å². The van der Waals surface area contributed by atoms with Crippen LogP contribution in [0.5, 0.6) is 0 Å². The van der Waals surface area contributed by atoms with E-state index in [1.807, 2.05) is 79.7 Å². The number of amides is 1. The van der Waals surface area contributed by atoms with Crippen molar-refractivity contribution < 1.29 is 4.79 Å². The van der Waals surface area contributed by atoms with Crippen LogP contribution >= 0.6 is 0 Å². The molecule has 3 aromatic carbocycles. The van der Waals surface area contributed by atoms with Crippen LogP contribution < -0.4 is 16.0 Å². The molecule has 0 aromatic heterocycles. The SMILES string of the molecule is C=C1NC(=O)c2ccc(Nc3ccccc3)cc2C1=Nc1ccc(C)cc1.CCCCNCC. The molecule has 0 spiro atoms. The molecule has 5 heteroatoms. The normalized spacial score (nSPS) is 13.6. The van der Waals surface area contributed by atoms with E-state index in [0.29, 0.717) is 17.0 Å². The lowest BCUT2D eigenvalue weighted by Crippen LogP contribution is -2.34. The van der Waals surface area contributed by atoms with E-state index in [4.69, 9.17) is 4.99 Å². The van der Waals surface area contributed by atoms with Gasteiger partial charge in [0.25, 0.3) is 5.91 Å². The Kier molecular flexibility index (Phi) is 9.18. The summed E-state index contributed by atoms with van der Waals surface area (Å²) in [6.07, 6.45) is 2.61. The highest BCUT2D eigenvalue weighted by Gasteiger charge is 2.25. The number of hydrogen-bond acceptors (Lipinski definition) is 4. The molecule has 1 aliphatic heterocycles. The number of rotatable bonds is 7. The summed E-state index contributed by atoms with van der Waals surface area (Å²) < 4.78 is 0. The number of fused-ring (bicyclic) bond motifs is 1. The number of aryl methyl sites for hydroxylation is 1. The van der Waals surface area contributed by atoms with Crippen molar-refractivity contribution in [2.24, 2.45) is 4.99 Å². The molecule has 0 bridgehead atoms. The number of anilines is 2. The molecule has 0 fully saturated rings. The zero-order chi connectivity index (χ0) is 24.3. The first-order chi connectivity index (χ1) is 16.5. The average molecular weight is 455 g/mol. The number of benzene rings is 3. The van der Waals surface area contributed by atoms with Gasteiger partial charge in [0.05, 0.1) is 17.1 Å². The van der Waals surface area contributed by atoms with Crippen LogP contribution in [0.4, 0.5) is 17.1 Å². The van der Waals surface area contributed by atoms with Gasteiger partial charge in [-0.25, -0.2) is 4.99 Å². The van der Waals surface area contributed by atoms with Crippen LogP contribution in [0.1, 0.15) is 48.2 Å². The first kappa shape index (κ1) is 24.9. The molecule has 0 radical (unpaired) electrons. The standard InChI is InChI=1S/C23H19N3O.C6H15N/c1-15-8-10-18(11-9-15)26-22-16(2)24-23(27)20-13-12-19(14-21(20)22)25-17-6-4-3-5-7-17;1-3-5-6-7-4-2/h3-14,25H,2H2,1H3,(H,24,27);7H,3-6H2,1-2H3. The van der Waals surface area contributed by atoms with Gasteiger partial charge in [-0.15, -0.1) is 0 Å². The van der Waals surface area contributed by atoms with Gasteiger partial charge in [-0.1, -0.05) is 62.7 Å². The molecule has 1 heterocycles. The lowest BCUT2D eigenvalue weighted by molar-refractivity contribution is 0.0965. The van der Waals surface area contributed by atoms with E-state index in [1.54, 1.807) is 0 Å². The number of para-hydroxylation sites is 1. The highest BCUT2D eigenvalue weighted by molar-refractivity contribution is 6.24. The van der Waals surface area contributed by atoms with Gasteiger partial charge < -0.3 is 16.0 Å². The van der Waals surface area contributed by atoms with Crippen LogP contribution in [0.2, 0.25) is 0 Å². The van der Waals surface area contributed by atoms with E-state index in [2.05, 4.69) is 36.4 Å². The lowest BCUT2D eigenvalue weighted by atomic mass is 9.95. The molecular formula is C29H34N4O. The fourth-order valence-corrected chi connectivity index (χ4v) is 3.48. The monoisotopic (exact) mass is 454 g/mol. The molecule has 3 aromatic rings. The average Bonchev–Trinajstić information content (AvgIpc) is 2.84. The lowest BCUT2D eigenvalue weighted by Gasteiger charge is -2.22. The third kappa shape index (κ3) is 6.90. The summed E-state index contributed by atoms with van der Waals surface area (Å²) in [5.41, 5.74) is 6.39. The van der Waals surface area contributed by atoms with E-state index in [9.17, 15) is 4.79 Å². The van der Waals surface area contributed by atoms with Crippen LogP contribution in [-0.4, -0.2) is 24.7 Å². The van der Waals surface area contributed by atoms with Gasteiger partial charge in [-0.05, 0) is 68.9 Å². The third-order valence-electron chi connectivity index (χ3n) is 5.36. The molecule has 0 unspecified atom stereocenters. The molecule has 3 N–H and O–H groups in total. The summed E-state index contributed by atoms with van der Waals surface area (Å²) in [5.74, 6) is -0.163. The summed E-state index contributed by atoms with van der Waals surface area (Å²) in [5, 5.41) is 9.41. The largest absolute Gasteiger partial charge is 0.356 e. The van der Waals surface area contributed by atoms with Gasteiger partial charge in [-0.2, -0.15) is 0 Å². The van der Waals surface area contributed by atoms with Crippen LogP contribution in [0.25, 0.3) is 0 Å². The summed E-state index contributed by atoms with van der Waals surface area (Å²) in [4.78, 5) is 17.1. The number of hydrogen-bond donors (Lipinski definition) is 3. The van der Waals surface area contributed by atoms with Crippen molar-refractivity contribution in [2.45, 2.75) is 33.6 Å². The Hall–Kier alpha value is -3.70. The Labute approximate surface area is 203 Å². The van der Waals surface area contributed by atoms with Crippen molar-refractivity contribution in [2.75, 3.05) is 18.4 Å². The maximum absolute atomic E-state index is 12.4. The van der Waals surface area contributed by atoms with E-state index in [1.165, 1.54) is 24.9 Å². The molecule has 176 valence electrons. The van der Waals surface area contributed by atoms with Crippen molar-refractivity contribution in [1.29, 1.82) is 0 Å². The van der Waals surface area contributed by atoms with Crippen molar-refractivity contribution in [1.82, 2.24) is 10.6 Å². The molecular weight excluding hydrogens is 420 g/mol. The summed E-state index contributed by atoms with van der Waals surface area (Å²) in [6.45, 7) is 12.7. The molecule has 0 saturated heterocycles. The molecule has 1 aliphatic rings. The van der Waals surface area contributed by atoms with Gasteiger partial charge in [0.2, 0.25) is 0 Å². The van der Waals surface area contributed by atoms with Gasteiger partial charge in [-0.3, -0.25) is 4.79 Å². The van der Waals surface area contributed by atoms with Crippen molar-refractivity contribution >= 4 is 28.7 Å². The highest BCUT2D eigenvalue weighted by atomic mass is 16.1. The van der Waals surface area contributed by atoms with Crippen molar-refractivity contribution in [3.63, 3.8) is 0 Å². The molecule has 4 rings (SSSR count). The van der Waals surface area contributed by atoms with E-state index < -0.39 is 0 Å². The van der Waals surface area contributed by atoms with Gasteiger partial charge in [0.1, 0.15) is 0 Å². The Morgan fingerprint density at radius 3 is 2.32 bits per heavy atom. The molecule has 1 amide bonds. The minimum absolute atomic E-state index is 0.163. The summed E-state index contributed by atoms with van der Waals surface area (Å²) >= 11 is 0. The van der Waals surface area contributed by atoms with Gasteiger partial charge in [0.15, 0.2) is 0 Å². The number of nitrogens with one attached hydrogen (secondary N) is 3. The summed E-state index contributed by atoms with van der Waals surface area (Å²) in [7, 11) is 0. The second-order valence-corrected chi connectivity index (χ2v) is 8.19. The number of aliphatic imine (C=N–C) groups is 1. The zero-order valence-corrected chi connectivity index (χ0v) is 20.3. The highest BCUT2D eigenvalue weighted by Crippen LogP contribution is 2.27. The number of carbonyl (C=O) groups is 1. The number of unbranched alkanes of at least 4 members (excludes halogenated alkanes) is 1. The second kappa shape index (κ2) is 12.5. The van der Waals surface area contributed by atoms with E-state index in [-0.39, 0.29) is 5.91 Å². The molecule has 0 saturated carbocycles. The maximum Gasteiger partial charge on any atom is 0.256 e. The van der Waals surface area contributed by atoms with Gasteiger partial charge in [0, 0.05) is 22.5 Å². The van der Waals surface area contributed by atoms with E-state index >= 15 is 0 Å². The minimum Gasteiger partial charge on any atom is -0.356 e. The first-order valence-corrected chi connectivity index (χ1v) is 11.8. The van der Waals surface area contributed by atoms with E-state index in [0.717, 1.165) is 29.2 Å². The predicted molar refractivity (Wildman–Crippen MR) is 144 cm³/mol. The Bertz CT molecular complexity index is 1130. The minimum atomic E-state index is -0.163. The molecule has 0 atom stereocenters. The Morgan fingerprint density at radius 1 is 0.912 bits per heavy atom. The Balaban J connectivity index is 0.000000406. The van der Waals surface area contributed by atoms with Crippen LogP contribution in [0.3, 0.4) is 0 Å². The number of nitrogens with zero attached hydrogens (tertiary/aromatic N) is 1. The molecule has 34 heavy (non-hydrogen) atoms. The number of allylic oxidation sites excluding steroid dienone is 1. The molecule has 0 aliphatic carbocycles. The smallest absolute Gasteiger partial charge is 0.256 e. The predicted octanol–water partition coefficient (Wildman–Crippen LogP) is 6.51. The van der Waals surface area contributed by atoms with Crippen molar-refractivity contribution in [3.05, 3.63) is 102 Å². The zero-order valence-electron chi connectivity index (χ0n) is 20.3. The fraction of sp³-hybridized carbons (Fsp3) is 0.241. The fourth-order valence-electron chi connectivity index (χ4n) is 3.48. The Morgan fingerprint density at radius 2 is 1.65 bits per heavy atom. The van der Waals surface area contributed by atoms with Crippen LogP contribution in [-0.2, 0) is 0 Å². The maximum atomic E-state index is 12.4. The second-order valence-electron chi connectivity index (χ2n) is 8.19. The van der Waals surface area contributed by atoms with Crippen molar-refractivity contribution in [3.8, 4) is 0 Å². The summed E-state index contributed by atoms with van der Waals surface area (Å²) in [6, 6.07) is 23.5. The van der Waals surface area contributed by atoms with Crippen LogP contribution in [0, 0.1) is 6.92 Å². The van der Waals surface area contributed by atoms with Crippen LogP contribution in [0.15, 0.2) is 90.1 Å². The quantitative estimate of drug-likeness (QED) is 0.356. The third-order valence-corrected chi connectivity index (χ3v) is 5.36. The number of carbonyl (C=O) groups excluding carboxylic acids is 1. The molecule has 5 nitrogen and oxygen atoms in total.